The maximum absolute atomic E-state index is 10.1. The zero-order valence-electron chi connectivity index (χ0n) is 9.80. The molecule has 0 saturated carbocycles. The fourth-order valence-electron chi connectivity index (χ4n) is 2.00. The lowest BCUT2D eigenvalue weighted by molar-refractivity contribution is -0.101. The molecular weight excluding hydrogens is 206 g/mol. The van der Waals surface area contributed by atoms with Crippen LogP contribution in [-0.2, 0) is 4.74 Å². The number of hydrogen-bond donors (Lipinski definition) is 1. The molecule has 4 heteroatoms. The number of ether oxygens (including phenoxy) is 1. The van der Waals surface area contributed by atoms with Crippen LogP contribution in [0.3, 0.4) is 0 Å². The highest BCUT2D eigenvalue weighted by Gasteiger charge is 2.30. The number of nitrogens with zero attached hydrogens (tertiary/aromatic N) is 1. The predicted molar refractivity (Wildman–Crippen MR) is 60.1 cm³/mol. The summed E-state index contributed by atoms with van der Waals surface area (Å²) in [5, 5.41) is 10.1. The maximum Gasteiger partial charge on any atom is 0.139 e. The molecule has 2 unspecified atom stereocenters. The third-order valence-corrected chi connectivity index (χ3v) is 3.04. The first kappa shape index (κ1) is 11.6. The Labute approximate surface area is 95.8 Å². The molecule has 0 aromatic carbocycles. The van der Waals surface area contributed by atoms with Gasteiger partial charge in [-0.05, 0) is 26.0 Å². The zero-order chi connectivity index (χ0) is 11.5. The van der Waals surface area contributed by atoms with Crippen molar-refractivity contribution < 1.29 is 14.3 Å². The van der Waals surface area contributed by atoms with Gasteiger partial charge >= 0.3 is 0 Å². The Hall–Kier alpha value is -0.840. The zero-order valence-corrected chi connectivity index (χ0v) is 9.80. The van der Waals surface area contributed by atoms with Gasteiger partial charge in [0.1, 0.15) is 18.0 Å². The Balaban J connectivity index is 1.99. The van der Waals surface area contributed by atoms with Gasteiger partial charge < -0.3 is 14.3 Å². The molecule has 90 valence electrons. The molecule has 2 rings (SSSR count). The highest BCUT2D eigenvalue weighted by atomic mass is 16.5. The minimum atomic E-state index is -0.670. The highest BCUT2D eigenvalue weighted by molar-refractivity contribution is 5.04. The molecule has 1 aromatic heterocycles. The lowest BCUT2D eigenvalue weighted by Gasteiger charge is -2.36. The third kappa shape index (κ3) is 2.45. The molecule has 1 N–H and O–H groups in total. The molecule has 2 atom stereocenters. The minimum Gasteiger partial charge on any atom is -0.466 e. The summed E-state index contributed by atoms with van der Waals surface area (Å²) in [6.45, 7) is 6.66. The Kier molecular flexibility index (Phi) is 3.63. The average molecular weight is 225 g/mol. The molecule has 16 heavy (non-hydrogen) atoms. The van der Waals surface area contributed by atoms with Gasteiger partial charge in [0, 0.05) is 19.1 Å². The summed E-state index contributed by atoms with van der Waals surface area (Å²) in [4.78, 5) is 2.31. The van der Waals surface area contributed by atoms with E-state index in [1.807, 2.05) is 0 Å². The van der Waals surface area contributed by atoms with Gasteiger partial charge in [-0.15, -0.1) is 0 Å². The van der Waals surface area contributed by atoms with Gasteiger partial charge in [-0.3, -0.25) is 4.90 Å². The fourth-order valence-corrected chi connectivity index (χ4v) is 2.00. The molecule has 1 aliphatic heterocycles. The van der Waals surface area contributed by atoms with Gasteiger partial charge in [0.25, 0.3) is 0 Å². The average Bonchev–Trinajstić information content (AvgIpc) is 2.81. The molecule has 1 aliphatic rings. The molecule has 0 radical (unpaired) electrons. The molecule has 1 saturated heterocycles. The van der Waals surface area contributed by atoms with Crippen molar-refractivity contribution in [2.24, 2.45) is 0 Å². The number of furan rings is 1. The second-order valence-corrected chi connectivity index (χ2v) is 4.46. The van der Waals surface area contributed by atoms with Crippen molar-refractivity contribution in [3.05, 3.63) is 24.2 Å². The Morgan fingerprint density at radius 1 is 1.50 bits per heavy atom. The van der Waals surface area contributed by atoms with E-state index in [0.717, 1.165) is 13.1 Å². The van der Waals surface area contributed by atoms with Crippen molar-refractivity contribution in [3.63, 3.8) is 0 Å². The summed E-state index contributed by atoms with van der Waals surface area (Å²) in [7, 11) is 0. The monoisotopic (exact) mass is 225 g/mol. The van der Waals surface area contributed by atoms with Crippen LogP contribution in [0.1, 0.15) is 25.7 Å². The SMILES string of the molecule is CC(C)N1CCOC(C(O)c2ccco2)C1. The van der Waals surface area contributed by atoms with Crippen LogP contribution in [0, 0.1) is 0 Å². The number of hydrogen-bond acceptors (Lipinski definition) is 4. The Morgan fingerprint density at radius 2 is 2.31 bits per heavy atom. The van der Waals surface area contributed by atoms with Crippen LogP contribution in [0.15, 0.2) is 22.8 Å². The maximum atomic E-state index is 10.1. The molecule has 4 nitrogen and oxygen atoms in total. The van der Waals surface area contributed by atoms with Crippen molar-refractivity contribution in [2.75, 3.05) is 19.7 Å². The van der Waals surface area contributed by atoms with Gasteiger partial charge in [0.05, 0.1) is 12.9 Å². The largest absolute Gasteiger partial charge is 0.466 e. The number of aliphatic hydroxyl groups excluding tert-OH is 1. The molecule has 1 aromatic rings. The predicted octanol–water partition coefficient (Wildman–Crippen LogP) is 1.42. The van der Waals surface area contributed by atoms with E-state index in [-0.39, 0.29) is 6.10 Å². The number of aliphatic hydroxyl groups is 1. The van der Waals surface area contributed by atoms with Gasteiger partial charge in [-0.2, -0.15) is 0 Å². The minimum absolute atomic E-state index is 0.192. The van der Waals surface area contributed by atoms with Crippen molar-refractivity contribution in [3.8, 4) is 0 Å². The van der Waals surface area contributed by atoms with Crippen LogP contribution in [0.2, 0.25) is 0 Å². The molecule has 1 fully saturated rings. The summed E-state index contributed by atoms with van der Waals surface area (Å²) >= 11 is 0. The van der Waals surface area contributed by atoms with Crippen molar-refractivity contribution in [1.82, 2.24) is 4.90 Å². The van der Waals surface area contributed by atoms with E-state index >= 15 is 0 Å². The van der Waals surface area contributed by atoms with Crippen LogP contribution < -0.4 is 0 Å². The van der Waals surface area contributed by atoms with E-state index in [1.54, 1.807) is 18.4 Å². The normalized spacial score (nSPS) is 24.9. The van der Waals surface area contributed by atoms with Gasteiger partial charge in [-0.25, -0.2) is 0 Å². The van der Waals surface area contributed by atoms with Crippen LogP contribution in [0.25, 0.3) is 0 Å². The summed E-state index contributed by atoms with van der Waals surface area (Å²) in [5.74, 6) is 0.579. The second kappa shape index (κ2) is 4.99. The van der Waals surface area contributed by atoms with Crippen LogP contribution in [0.5, 0.6) is 0 Å². The van der Waals surface area contributed by atoms with Gasteiger partial charge in [-0.1, -0.05) is 0 Å². The van der Waals surface area contributed by atoms with E-state index in [2.05, 4.69) is 18.7 Å². The Morgan fingerprint density at radius 3 is 2.94 bits per heavy atom. The number of rotatable bonds is 3. The molecule has 2 heterocycles. The van der Waals surface area contributed by atoms with Crippen LogP contribution in [-0.4, -0.2) is 41.8 Å². The lowest BCUT2D eigenvalue weighted by Crippen LogP contribution is -2.47. The van der Waals surface area contributed by atoms with E-state index < -0.39 is 6.10 Å². The summed E-state index contributed by atoms with van der Waals surface area (Å²) in [6.07, 6.45) is 0.709. The van der Waals surface area contributed by atoms with Crippen LogP contribution in [0.4, 0.5) is 0 Å². The van der Waals surface area contributed by atoms with E-state index in [4.69, 9.17) is 9.15 Å². The number of morpholine rings is 1. The second-order valence-electron chi connectivity index (χ2n) is 4.46. The smallest absolute Gasteiger partial charge is 0.139 e. The summed E-state index contributed by atoms with van der Waals surface area (Å²) in [6, 6.07) is 4.04. The molecular formula is C12H19NO3. The molecule has 0 spiro atoms. The summed E-state index contributed by atoms with van der Waals surface area (Å²) < 4.78 is 10.8. The van der Waals surface area contributed by atoms with Crippen molar-refractivity contribution >= 4 is 0 Å². The van der Waals surface area contributed by atoms with E-state index in [1.165, 1.54) is 0 Å². The third-order valence-electron chi connectivity index (χ3n) is 3.04. The van der Waals surface area contributed by atoms with Gasteiger partial charge in [0.15, 0.2) is 0 Å². The highest BCUT2D eigenvalue weighted by Crippen LogP contribution is 2.23. The Bertz CT molecular complexity index is 310. The van der Waals surface area contributed by atoms with Crippen molar-refractivity contribution in [2.45, 2.75) is 32.1 Å². The standard InChI is InChI=1S/C12H19NO3/c1-9(2)13-5-7-16-11(8-13)12(14)10-4-3-6-15-10/h3-4,6,9,11-12,14H,5,7-8H2,1-2H3. The molecule has 0 bridgehead atoms. The van der Waals surface area contributed by atoms with E-state index in [0.29, 0.717) is 18.4 Å². The molecule has 0 amide bonds. The summed E-state index contributed by atoms with van der Waals surface area (Å²) in [5.41, 5.74) is 0. The van der Waals surface area contributed by atoms with Gasteiger partial charge in [0.2, 0.25) is 0 Å². The quantitative estimate of drug-likeness (QED) is 0.845. The first-order valence-corrected chi connectivity index (χ1v) is 5.75. The lowest BCUT2D eigenvalue weighted by atomic mass is 10.1. The first-order chi connectivity index (χ1) is 7.68. The van der Waals surface area contributed by atoms with E-state index in [9.17, 15) is 5.11 Å². The van der Waals surface area contributed by atoms with Crippen molar-refractivity contribution in [1.29, 1.82) is 0 Å². The molecule has 0 aliphatic carbocycles. The topological polar surface area (TPSA) is 45.8 Å². The fraction of sp³-hybridized carbons (Fsp3) is 0.667. The van der Waals surface area contributed by atoms with Crippen LogP contribution >= 0.6 is 0 Å². The first-order valence-electron chi connectivity index (χ1n) is 5.75.